The van der Waals surface area contributed by atoms with Crippen molar-refractivity contribution in [3.8, 4) is 22.9 Å². The Morgan fingerprint density at radius 2 is 1.80 bits per heavy atom. The van der Waals surface area contributed by atoms with Crippen LogP contribution < -0.4 is 9.47 Å². The zero-order valence-corrected chi connectivity index (χ0v) is 13.8. The molecule has 0 aliphatic heterocycles. The van der Waals surface area contributed by atoms with Gasteiger partial charge in [0.15, 0.2) is 0 Å². The summed E-state index contributed by atoms with van der Waals surface area (Å²) in [7, 11) is 0. The van der Waals surface area contributed by atoms with E-state index in [-0.39, 0.29) is 6.61 Å². The Labute approximate surface area is 146 Å². The van der Waals surface area contributed by atoms with Crippen molar-refractivity contribution in [3.05, 3.63) is 66.5 Å². The molecule has 1 fully saturated rings. The monoisotopic (exact) mass is 336 g/mol. The van der Waals surface area contributed by atoms with E-state index in [0.717, 1.165) is 35.5 Å². The molecule has 0 radical (unpaired) electrons. The van der Waals surface area contributed by atoms with Crippen molar-refractivity contribution in [2.24, 2.45) is 5.92 Å². The summed E-state index contributed by atoms with van der Waals surface area (Å²) in [6.45, 7) is 0.727. The number of aromatic nitrogens is 2. The van der Waals surface area contributed by atoms with Crippen molar-refractivity contribution in [2.45, 2.75) is 19.4 Å². The van der Waals surface area contributed by atoms with Crippen LogP contribution in [0.5, 0.6) is 17.2 Å². The molecule has 128 valence electrons. The average Bonchev–Trinajstić information content (AvgIpc) is 3.36. The van der Waals surface area contributed by atoms with Gasteiger partial charge in [-0.2, -0.15) is 5.10 Å². The van der Waals surface area contributed by atoms with E-state index in [1.165, 1.54) is 12.8 Å². The molecule has 1 aromatic heterocycles. The Kier molecular flexibility index (Phi) is 4.39. The SMILES string of the molecule is OCc1ccn(-c2ccc(Oc3cccc(OCC4CC4)c3)cc2)n1. The first kappa shape index (κ1) is 15.7. The van der Waals surface area contributed by atoms with Gasteiger partial charge in [-0.1, -0.05) is 6.07 Å². The summed E-state index contributed by atoms with van der Waals surface area (Å²) in [6.07, 6.45) is 4.37. The maximum atomic E-state index is 9.09. The van der Waals surface area contributed by atoms with Gasteiger partial charge in [0, 0.05) is 12.3 Å². The Bertz CT molecular complexity index is 838. The normalized spacial score (nSPS) is 13.6. The summed E-state index contributed by atoms with van der Waals surface area (Å²) in [5.74, 6) is 3.07. The fourth-order valence-electron chi connectivity index (χ4n) is 2.52. The molecule has 2 aromatic carbocycles. The molecule has 4 rings (SSSR count). The van der Waals surface area contributed by atoms with Gasteiger partial charge in [0.05, 0.1) is 24.6 Å². The molecule has 0 saturated heterocycles. The zero-order valence-electron chi connectivity index (χ0n) is 13.8. The number of rotatable bonds is 7. The van der Waals surface area contributed by atoms with Gasteiger partial charge in [-0.3, -0.25) is 0 Å². The molecule has 0 spiro atoms. The summed E-state index contributed by atoms with van der Waals surface area (Å²) < 4.78 is 13.4. The number of aliphatic hydroxyl groups is 1. The lowest BCUT2D eigenvalue weighted by Gasteiger charge is -2.09. The van der Waals surface area contributed by atoms with Crippen molar-refractivity contribution in [2.75, 3.05) is 6.61 Å². The molecule has 1 N–H and O–H groups in total. The number of hydrogen-bond donors (Lipinski definition) is 1. The molecule has 5 heteroatoms. The zero-order chi connectivity index (χ0) is 17.1. The van der Waals surface area contributed by atoms with E-state index in [9.17, 15) is 0 Å². The molecule has 0 amide bonds. The maximum absolute atomic E-state index is 9.09. The molecule has 1 heterocycles. The number of ether oxygens (including phenoxy) is 2. The lowest BCUT2D eigenvalue weighted by molar-refractivity contribution is 0.276. The standard InChI is InChI=1S/C20H20N2O3/c23-13-16-10-11-22(21-16)17-6-8-18(9-7-17)25-20-3-1-2-19(12-20)24-14-15-4-5-15/h1-3,6-12,15,23H,4-5,13-14H2. The Morgan fingerprint density at radius 3 is 2.52 bits per heavy atom. The van der Waals surface area contributed by atoms with Crippen LogP contribution in [-0.2, 0) is 6.61 Å². The Balaban J connectivity index is 1.42. The quantitative estimate of drug-likeness (QED) is 0.710. The molecular weight excluding hydrogens is 316 g/mol. The Hall–Kier alpha value is -2.79. The van der Waals surface area contributed by atoms with Crippen molar-refractivity contribution < 1.29 is 14.6 Å². The second-order valence-electron chi connectivity index (χ2n) is 6.23. The third-order valence-electron chi connectivity index (χ3n) is 4.13. The summed E-state index contributed by atoms with van der Waals surface area (Å²) >= 11 is 0. The first-order valence-electron chi connectivity index (χ1n) is 8.47. The van der Waals surface area contributed by atoms with Gasteiger partial charge in [0.2, 0.25) is 0 Å². The largest absolute Gasteiger partial charge is 0.493 e. The molecule has 25 heavy (non-hydrogen) atoms. The summed E-state index contributed by atoms with van der Waals surface area (Å²) in [5, 5.41) is 13.4. The van der Waals surface area contributed by atoms with Crippen LogP contribution in [0, 0.1) is 5.92 Å². The molecule has 5 nitrogen and oxygen atoms in total. The van der Waals surface area contributed by atoms with E-state index in [1.807, 2.05) is 54.7 Å². The fraction of sp³-hybridized carbons (Fsp3) is 0.250. The molecule has 1 aliphatic carbocycles. The van der Waals surface area contributed by atoms with E-state index in [0.29, 0.717) is 5.69 Å². The van der Waals surface area contributed by atoms with Gasteiger partial charge in [-0.25, -0.2) is 4.68 Å². The number of nitrogens with zero attached hydrogens (tertiary/aromatic N) is 2. The van der Waals surface area contributed by atoms with Crippen molar-refractivity contribution in [1.82, 2.24) is 9.78 Å². The van der Waals surface area contributed by atoms with E-state index in [4.69, 9.17) is 14.6 Å². The topological polar surface area (TPSA) is 56.5 Å². The van der Waals surface area contributed by atoms with E-state index < -0.39 is 0 Å². The average molecular weight is 336 g/mol. The number of benzene rings is 2. The van der Waals surface area contributed by atoms with Crippen LogP contribution >= 0.6 is 0 Å². The molecule has 0 bridgehead atoms. The van der Waals surface area contributed by atoms with Gasteiger partial charge in [-0.15, -0.1) is 0 Å². The van der Waals surface area contributed by atoms with Crippen molar-refractivity contribution >= 4 is 0 Å². The molecule has 0 unspecified atom stereocenters. The van der Waals surface area contributed by atoms with Crippen molar-refractivity contribution in [3.63, 3.8) is 0 Å². The summed E-state index contributed by atoms with van der Waals surface area (Å²) in [5.41, 5.74) is 1.55. The van der Waals surface area contributed by atoms with E-state index in [2.05, 4.69) is 5.10 Å². The highest BCUT2D eigenvalue weighted by atomic mass is 16.5. The summed E-state index contributed by atoms with van der Waals surface area (Å²) in [4.78, 5) is 0. The molecule has 1 aliphatic rings. The minimum absolute atomic E-state index is 0.0621. The smallest absolute Gasteiger partial charge is 0.131 e. The van der Waals surface area contributed by atoms with Gasteiger partial charge in [0.25, 0.3) is 0 Å². The van der Waals surface area contributed by atoms with Gasteiger partial charge in [-0.05, 0) is 61.2 Å². The minimum Gasteiger partial charge on any atom is -0.493 e. The van der Waals surface area contributed by atoms with Crippen LogP contribution in [0.3, 0.4) is 0 Å². The fourth-order valence-corrected chi connectivity index (χ4v) is 2.52. The van der Waals surface area contributed by atoms with Crippen LogP contribution in [0.25, 0.3) is 5.69 Å². The predicted octanol–water partition coefficient (Wildman–Crippen LogP) is 3.95. The molecule has 1 saturated carbocycles. The van der Waals surface area contributed by atoms with E-state index >= 15 is 0 Å². The lowest BCUT2D eigenvalue weighted by Crippen LogP contribution is -1.98. The summed E-state index contributed by atoms with van der Waals surface area (Å²) in [6, 6.07) is 17.2. The lowest BCUT2D eigenvalue weighted by atomic mass is 10.3. The van der Waals surface area contributed by atoms with Crippen molar-refractivity contribution in [1.29, 1.82) is 0 Å². The number of hydrogen-bond acceptors (Lipinski definition) is 4. The van der Waals surface area contributed by atoms with Crippen LogP contribution in [-0.4, -0.2) is 21.5 Å². The van der Waals surface area contributed by atoms with E-state index in [1.54, 1.807) is 10.7 Å². The minimum atomic E-state index is -0.0621. The molecular formula is C20H20N2O3. The van der Waals surface area contributed by atoms with Gasteiger partial charge >= 0.3 is 0 Å². The van der Waals surface area contributed by atoms with Crippen LogP contribution in [0.1, 0.15) is 18.5 Å². The van der Waals surface area contributed by atoms with Gasteiger partial charge < -0.3 is 14.6 Å². The highest BCUT2D eigenvalue weighted by Gasteiger charge is 2.21. The molecule has 0 atom stereocenters. The van der Waals surface area contributed by atoms with Gasteiger partial charge in [0.1, 0.15) is 17.2 Å². The van der Waals surface area contributed by atoms with Crippen LogP contribution in [0.4, 0.5) is 0 Å². The second kappa shape index (κ2) is 6.99. The van der Waals surface area contributed by atoms with Crippen LogP contribution in [0.15, 0.2) is 60.8 Å². The first-order valence-corrected chi connectivity index (χ1v) is 8.47. The predicted molar refractivity (Wildman–Crippen MR) is 94.2 cm³/mol. The third-order valence-corrected chi connectivity index (χ3v) is 4.13. The highest BCUT2D eigenvalue weighted by molar-refractivity contribution is 5.41. The maximum Gasteiger partial charge on any atom is 0.131 e. The molecule has 3 aromatic rings. The second-order valence-corrected chi connectivity index (χ2v) is 6.23. The highest BCUT2D eigenvalue weighted by Crippen LogP contribution is 2.31. The Morgan fingerprint density at radius 1 is 1.00 bits per heavy atom. The first-order chi connectivity index (χ1) is 12.3. The number of aliphatic hydroxyl groups excluding tert-OH is 1. The third kappa shape index (κ3) is 4.00. The van der Waals surface area contributed by atoms with Crippen LogP contribution in [0.2, 0.25) is 0 Å².